The summed E-state index contributed by atoms with van der Waals surface area (Å²) in [6.45, 7) is -0.0119. The minimum atomic E-state index is -3.59. The van der Waals surface area contributed by atoms with Gasteiger partial charge in [-0.2, -0.15) is 0 Å². The molecule has 2 aromatic rings. The molecule has 2 aromatic heterocycles. The van der Waals surface area contributed by atoms with Crippen molar-refractivity contribution < 1.29 is 13.5 Å². The molecular weight excluding hydrogens is 360 g/mol. The van der Waals surface area contributed by atoms with Crippen molar-refractivity contribution in [1.82, 2.24) is 9.71 Å². The lowest BCUT2D eigenvalue weighted by atomic mass is 10.5. The smallest absolute Gasteiger partial charge is 0.242 e. The largest absolute Gasteiger partial charge is 0.391 e. The average molecular weight is 369 g/mol. The first-order valence-electron chi connectivity index (χ1n) is 4.80. The molecule has 2 heterocycles. The number of sulfonamides is 1. The third-order valence-corrected chi connectivity index (χ3v) is 6.47. The van der Waals surface area contributed by atoms with Crippen LogP contribution < -0.4 is 4.72 Å². The number of thiazole rings is 1. The number of aliphatic hydroxyl groups is 1. The molecule has 0 saturated carbocycles. The van der Waals surface area contributed by atoms with Crippen molar-refractivity contribution in [2.24, 2.45) is 0 Å². The number of aromatic nitrogens is 1. The molecule has 0 fully saturated rings. The molecule has 98 valence electrons. The molecule has 0 aromatic carbocycles. The van der Waals surface area contributed by atoms with Crippen LogP contribution in [0, 0.1) is 0 Å². The summed E-state index contributed by atoms with van der Waals surface area (Å²) in [7, 11) is -3.59. The molecule has 0 bridgehead atoms. The quantitative estimate of drug-likeness (QED) is 0.844. The topological polar surface area (TPSA) is 79.3 Å². The molecule has 2 N–H and O–H groups in total. The number of halogens is 1. The van der Waals surface area contributed by atoms with Crippen molar-refractivity contribution in [2.75, 3.05) is 0 Å². The highest BCUT2D eigenvalue weighted by atomic mass is 79.9. The maximum Gasteiger partial charge on any atom is 0.242 e. The fourth-order valence-corrected chi connectivity index (χ4v) is 5.41. The van der Waals surface area contributed by atoms with Gasteiger partial charge in [0.05, 0.1) is 16.9 Å². The minimum Gasteiger partial charge on any atom is -0.391 e. The van der Waals surface area contributed by atoms with Crippen LogP contribution in [0.25, 0.3) is 0 Å². The van der Waals surface area contributed by atoms with E-state index >= 15 is 0 Å². The van der Waals surface area contributed by atoms with E-state index in [1.165, 1.54) is 28.7 Å². The van der Waals surface area contributed by atoms with Gasteiger partial charge in [-0.25, -0.2) is 18.1 Å². The predicted molar refractivity (Wildman–Crippen MR) is 74.1 cm³/mol. The fourth-order valence-electron chi connectivity index (χ4n) is 1.23. The average Bonchev–Trinajstić information content (AvgIpc) is 2.95. The molecule has 0 unspecified atom stereocenters. The Bertz CT molecular complexity index is 622. The second-order valence-corrected chi connectivity index (χ2v) is 8.43. The van der Waals surface area contributed by atoms with Gasteiger partial charge in [0.25, 0.3) is 0 Å². The number of nitrogens with one attached hydrogen (secondary N) is 1. The van der Waals surface area contributed by atoms with E-state index in [9.17, 15) is 8.42 Å². The third-order valence-electron chi connectivity index (χ3n) is 2.05. The van der Waals surface area contributed by atoms with Crippen molar-refractivity contribution in [3.05, 3.63) is 31.3 Å². The van der Waals surface area contributed by atoms with Crippen molar-refractivity contribution >= 4 is 48.6 Å². The van der Waals surface area contributed by atoms with Gasteiger partial charge in [0.15, 0.2) is 0 Å². The Labute approximate surface area is 121 Å². The van der Waals surface area contributed by atoms with E-state index in [1.54, 1.807) is 11.6 Å². The van der Waals surface area contributed by atoms with Gasteiger partial charge in [-0.3, -0.25) is 0 Å². The van der Waals surface area contributed by atoms with Gasteiger partial charge >= 0.3 is 0 Å². The maximum absolute atomic E-state index is 12.0. The van der Waals surface area contributed by atoms with E-state index in [0.717, 1.165) is 0 Å². The molecule has 9 heteroatoms. The van der Waals surface area contributed by atoms with Crippen molar-refractivity contribution in [3.8, 4) is 0 Å². The normalized spacial score (nSPS) is 11.9. The van der Waals surface area contributed by atoms with Crippen molar-refractivity contribution in [2.45, 2.75) is 18.0 Å². The zero-order valence-electron chi connectivity index (χ0n) is 8.96. The van der Waals surface area contributed by atoms with Crippen LogP contribution in [0.2, 0.25) is 0 Å². The summed E-state index contributed by atoms with van der Waals surface area (Å²) < 4.78 is 27.0. The van der Waals surface area contributed by atoms with Gasteiger partial charge in [0, 0.05) is 16.5 Å². The summed E-state index contributed by atoms with van der Waals surface area (Å²) in [5, 5.41) is 11.5. The Balaban J connectivity index is 2.17. The maximum atomic E-state index is 12.0. The van der Waals surface area contributed by atoms with Gasteiger partial charge in [-0.15, -0.1) is 22.7 Å². The molecule has 0 atom stereocenters. The van der Waals surface area contributed by atoms with Crippen LogP contribution in [0.3, 0.4) is 0 Å². The van der Waals surface area contributed by atoms with E-state index < -0.39 is 10.0 Å². The molecule has 0 spiro atoms. The van der Waals surface area contributed by atoms with Crippen LogP contribution in [-0.2, 0) is 23.2 Å². The van der Waals surface area contributed by atoms with Gasteiger partial charge in [-0.05, 0) is 22.0 Å². The molecular formula is C9H9BrN2O3S3. The summed E-state index contributed by atoms with van der Waals surface area (Å²) in [6, 6.07) is 1.46. The molecule has 0 radical (unpaired) electrons. The van der Waals surface area contributed by atoms with Gasteiger partial charge in [0.2, 0.25) is 10.0 Å². The van der Waals surface area contributed by atoms with E-state index in [2.05, 4.69) is 25.6 Å². The molecule has 2 rings (SSSR count). The summed E-state index contributed by atoms with van der Waals surface area (Å²) in [5.74, 6) is 0. The Hall–Kier alpha value is -0.320. The number of aliphatic hydroxyl groups excluding tert-OH is 1. The zero-order valence-corrected chi connectivity index (χ0v) is 13.0. The molecule has 0 aliphatic rings. The Kier molecular flexibility index (Phi) is 4.51. The lowest BCUT2D eigenvalue weighted by Crippen LogP contribution is -2.23. The first-order chi connectivity index (χ1) is 8.53. The van der Waals surface area contributed by atoms with Crippen LogP contribution in [-0.4, -0.2) is 18.5 Å². The van der Waals surface area contributed by atoms with E-state index in [4.69, 9.17) is 5.11 Å². The number of rotatable bonds is 5. The van der Waals surface area contributed by atoms with E-state index in [-0.39, 0.29) is 18.0 Å². The molecule has 0 saturated heterocycles. The van der Waals surface area contributed by atoms with Gasteiger partial charge in [-0.1, -0.05) is 0 Å². The standard InChI is InChI=1S/C9H9BrN2O3S3/c10-9-7(3-6(5-13)17-9)18(14,15)12-4-8-11-1-2-16-8/h1-3,12-13H,4-5H2. The summed E-state index contributed by atoms with van der Waals surface area (Å²) in [5.41, 5.74) is 0. The van der Waals surface area contributed by atoms with E-state index in [1.807, 2.05) is 0 Å². The Morgan fingerprint density at radius 1 is 1.50 bits per heavy atom. The molecule has 5 nitrogen and oxygen atoms in total. The first-order valence-corrected chi connectivity index (χ1v) is 8.77. The lowest BCUT2D eigenvalue weighted by Gasteiger charge is -2.03. The Morgan fingerprint density at radius 2 is 2.28 bits per heavy atom. The van der Waals surface area contributed by atoms with Crippen LogP contribution in [0.4, 0.5) is 0 Å². The van der Waals surface area contributed by atoms with Crippen molar-refractivity contribution in [3.63, 3.8) is 0 Å². The number of hydrogen-bond donors (Lipinski definition) is 2. The van der Waals surface area contributed by atoms with Crippen LogP contribution in [0.1, 0.15) is 9.88 Å². The molecule has 18 heavy (non-hydrogen) atoms. The number of nitrogens with zero attached hydrogens (tertiary/aromatic N) is 1. The van der Waals surface area contributed by atoms with Crippen molar-refractivity contribution in [1.29, 1.82) is 0 Å². The van der Waals surface area contributed by atoms with Crippen LogP contribution >= 0.6 is 38.6 Å². The summed E-state index contributed by atoms with van der Waals surface area (Å²) in [6.07, 6.45) is 1.62. The molecule has 0 aliphatic heterocycles. The third kappa shape index (κ3) is 3.16. The lowest BCUT2D eigenvalue weighted by molar-refractivity contribution is 0.285. The van der Waals surface area contributed by atoms with Gasteiger partial charge < -0.3 is 5.11 Å². The number of thiophene rings is 1. The highest BCUT2D eigenvalue weighted by Gasteiger charge is 2.20. The predicted octanol–water partition coefficient (Wildman–Crippen LogP) is 1.94. The van der Waals surface area contributed by atoms with Crippen LogP contribution in [0.5, 0.6) is 0 Å². The highest BCUT2D eigenvalue weighted by molar-refractivity contribution is 9.11. The monoisotopic (exact) mass is 368 g/mol. The highest BCUT2D eigenvalue weighted by Crippen LogP contribution is 2.31. The number of hydrogen-bond acceptors (Lipinski definition) is 6. The second kappa shape index (κ2) is 5.76. The molecule has 0 aliphatic carbocycles. The van der Waals surface area contributed by atoms with Crippen LogP contribution in [0.15, 0.2) is 26.3 Å². The first kappa shape index (κ1) is 14.1. The fraction of sp³-hybridized carbons (Fsp3) is 0.222. The molecule has 0 amide bonds. The summed E-state index contributed by atoms with van der Waals surface area (Å²) >= 11 is 5.77. The Morgan fingerprint density at radius 3 is 2.83 bits per heavy atom. The van der Waals surface area contributed by atoms with Gasteiger partial charge in [0.1, 0.15) is 9.90 Å². The summed E-state index contributed by atoms with van der Waals surface area (Å²) in [4.78, 5) is 4.74. The SMILES string of the molecule is O=S(=O)(NCc1nccs1)c1cc(CO)sc1Br. The second-order valence-electron chi connectivity index (χ2n) is 3.26. The van der Waals surface area contributed by atoms with E-state index in [0.29, 0.717) is 13.7 Å². The minimum absolute atomic E-state index is 0.146. The zero-order chi connectivity index (χ0) is 13.2.